The minimum Gasteiger partial charge on any atom is -0.381 e. The Morgan fingerprint density at radius 3 is 2.71 bits per heavy atom. The van der Waals surface area contributed by atoms with Gasteiger partial charge in [-0.1, -0.05) is 0 Å². The Morgan fingerprint density at radius 1 is 1.50 bits per heavy atom. The van der Waals surface area contributed by atoms with Gasteiger partial charge in [0.15, 0.2) is 0 Å². The Kier molecular flexibility index (Phi) is 2.56. The predicted molar refractivity (Wildman–Crippen MR) is 55.2 cm³/mol. The number of amides is 1. The average molecular weight is 211 g/mol. The summed E-state index contributed by atoms with van der Waals surface area (Å²) < 4.78 is 5.27. The van der Waals surface area contributed by atoms with E-state index in [0.717, 1.165) is 5.56 Å². The monoisotopic (exact) mass is 211 g/mol. The fourth-order valence-electron chi connectivity index (χ4n) is 1.93. The summed E-state index contributed by atoms with van der Waals surface area (Å²) in [7, 11) is 0. The largest absolute Gasteiger partial charge is 0.381 e. The summed E-state index contributed by atoms with van der Waals surface area (Å²) in [5.41, 5.74) is 6.08. The maximum atomic E-state index is 11.5. The molecule has 0 aromatic carbocycles. The molecule has 1 aromatic rings. The van der Waals surface area contributed by atoms with Gasteiger partial charge < -0.3 is 10.5 Å². The van der Waals surface area contributed by atoms with Gasteiger partial charge in [-0.15, -0.1) is 0 Å². The molecular formula is C10H13NO2S. The molecule has 76 valence electrons. The molecule has 1 amide bonds. The first-order valence-electron chi connectivity index (χ1n) is 4.66. The lowest BCUT2D eigenvalue weighted by Gasteiger charge is -2.33. The summed E-state index contributed by atoms with van der Waals surface area (Å²) in [6, 6.07) is 1.99. The van der Waals surface area contributed by atoms with Gasteiger partial charge in [0.2, 0.25) is 5.91 Å². The minimum atomic E-state index is -0.474. The van der Waals surface area contributed by atoms with Crippen molar-refractivity contribution in [3.8, 4) is 0 Å². The molecule has 2 N–H and O–H groups in total. The summed E-state index contributed by atoms with van der Waals surface area (Å²) in [5, 5.41) is 3.99. The molecule has 1 aliphatic heterocycles. The summed E-state index contributed by atoms with van der Waals surface area (Å²) in [5.74, 6) is -0.223. The second kappa shape index (κ2) is 3.71. The fraction of sp³-hybridized carbons (Fsp3) is 0.500. The summed E-state index contributed by atoms with van der Waals surface area (Å²) >= 11 is 1.60. The molecule has 1 saturated heterocycles. The molecule has 1 aliphatic rings. The molecule has 0 unspecified atom stereocenters. The van der Waals surface area contributed by atoms with Gasteiger partial charge in [0, 0.05) is 13.2 Å². The van der Waals surface area contributed by atoms with E-state index in [9.17, 15) is 4.79 Å². The van der Waals surface area contributed by atoms with Gasteiger partial charge in [-0.05, 0) is 35.2 Å². The smallest absolute Gasteiger partial charge is 0.228 e. The molecule has 2 heterocycles. The number of rotatable bonds is 2. The number of primary amides is 1. The number of hydrogen-bond acceptors (Lipinski definition) is 3. The van der Waals surface area contributed by atoms with Crippen LogP contribution in [0, 0.1) is 0 Å². The zero-order chi connectivity index (χ0) is 10.0. The molecule has 4 heteroatoms. The second-order valence-electron chi connectivity index (χ2n) is 3.57. The van der Waals surface area contributed by atoms with Gasteiger partial charge in [-0.3, -0.25) is 4.79 Å². The molecule has 1 aromatic heterocycles. The average Bonchev–Trinajstić information content (AvgIpc) is 2.72. The van der Waals surface area contributed by atoms with Crippen LogP contribution in [0.4, 0.5) is 0 Å². The first-order chi connectivity index (χ1) is 6.76. The van der Waals surface area contributed by atoms with E-state index in [2.05, 4.69) is 0 Å². The van der Waals surface area contributed by atoms with Gasteiger partial charge in [0.25, 0.3) is 0 Å². The van der Waals surface area contributed by atoms with E-state index in [1.807, 2.05) is 16.8 Å². The third kappa shape index (κ3) is 1.44. The van der Waals surface area contributed by atoms with Crippen LogP contribution < -0.4 is 5.73 Å². The van der Waals surface area contributed by atoms with E-state index >= 15 is 0 Å². The number of carbonyl (C=O) groups is 1. The molecule has 0 bridgehead atoms. The molecule has 0 atom stereocenters. The lowest BCUT2D eigenvalue weighted by molar-refractivity contribution is -0.127. The van der Waals surface area contributed by atoms with Gasteiger partial charge in [0.05, 0.1) is 5.41 Å². The highest BCUT2D eigenvalue weighted by Crippen LogP contribution is 2.35. The first-order valence-corrected chi connectivity index (χ1v) is 5.60. The van der Waals surface area contributed by atoms with Crippen LogP contribution in [0.1, 0.15) is 18.4 Å². The van der Waals surface area contributed by atoms with Crippen LogP contribution in [0.2, 0.25) is 0 Å². The van der Waals surface area contributed by atoms with Crippen LogP contribution in [0.3, 0.4) is 0 Å². The van der Waals surface area contributed by atoms with Gasteiger partial charge in [-0.25, -0.2) is 0 Å². The zero-order valence-corrected chi connectivity index (χ0v) is 8.68. The maximum absolute atomic E-state index is 11.5. The van der Waals surface area contributed by atoms with E-state index in [4.69, 9.17) is 10.5 Å². The summed E-state index contributed by atoms with van der Waals surface area (Å²) in [4.78, 5) is 11.5. The number of thiophene rings is 1. The van der Waals surface area contributed by atoms with Crippen molar-refractivity contribution < 1.29 is 9.53 Å². The number of nitrogens with two attached hydrogens (primary N) is 1. The van der Waals surface area contributed by atoms with Crippen LogP contribution in [-0.4, -0.2) is 19.1 Å². The van der Waals surface area contributed by atoms with Crippen molar-refractivity contribution in [2.75, 3.05) is 13.2 Å². The molecular weight excluding hydrogens is 198 g/mol. The van der Waals surface area contributed by atoms with Crippen molar-refractivity contribution in [1.29, 1.82) is 0 Å². The Hall–Kier alpha value is -0.870. The number of ether oxygens (including phenoxy) is 1. The fourth-order valence-corrected chi connectivity index (χ4v) is 2.69. The molecule has 2 rings (SSSR count). The van der Waals surface area contributed by atoms with Crippen molar-refractivity contribution in [3.63, 3.8) is 0 Å². The van der Waals surface area contributed by atoms with Crippen LogP contribution in [0.25, 0.3) is 0 Å². The molecule has 0 saturated carbocycles. The van der Waals surface area contributed by atoms with E-state index in [1.165, 1.54) is 0 Å². The van der Waals surface area contributed by atoms with E-state index < -0.39 is 5.41 Å². The maximum Gasteiger partial charge on any atom is 0.228 e. The van der Waals surface area contributed by atoms with E-state index in [0.29, 0.717) is 26.1 Å². The second-order valence-corrected chi connectivity index (χ2v) is 4.35. The van der Waals surface area contributed by atoms with Crippen molar-refractivity contribution in [2.45, 2.75) is 18.3 Å². The van der Waals surface area contributed by atoms with E-state index in [-0.39, 0.29) is 5.91 Å². The Labute approximate surface area is 86.9 Å². The third-order valence-corrected chi connectivity index (χ3v) is 3.58. The van der Waals surface area contributed by atoms with Crippen LogP contribution >= 0.6 is 11.3 Å². The molecule has 0 spiro atoms. The topological polar surface area (TPSA) is 52.3 Å². The molecule has 0 aliphatic carbocycles. The normalized spacial score (nSPS) is 20.6. The SMILES string of the molecule is NC(=O)C1(c2ccsc2)CCOCC1. The standard InChI is InChI=1S/C10H13NO2S/c11-9(12)10(2-4-13-5-3-10)8-1-6-14-7-8/h1,6-7H,2-5H2,(H2,11,12). The Bertz CT molecular complexity index is 315. The molecule has 14 heavy (non-hydrogen) atoms. The number of hydrogen-bond donors (Lipinski definition) is 1. The predicted octanol–water partition coefficient (Wildman–Crippen LogP) is 1.28. The molecule has 1 fully saturated rings. The summed E-state index contributed by atoms with van der Waals surface area (Å²) in [6.45, 7) is 1.25. The molecule has 3 nitrogen and oxygen atoms in total. The van der Waals surface area contributed by atoms with Crippen molar-refractivity contribution in [3.05, 3.63) is 22.4 Å². The van der Waals surface area contributed by atoms with Gasteiger partial charge >= 0.3 is 0 Å². The summed E-state index contributed by atoms with van der Waals surface area (Å²) in [6.07, 6.45) is 1.41. The van der Waals surface area contributed by atoms with Crippen LogP contribution in [-0.2, 0) is 14.9 Å². The third-order valence-electron chi connectivity index (χ3n) is 2.89. The first kappa shape index (κ1) is 9.68. The van der Waals surface area contributed by atoms with Gasteiger partial charge in [0.1, 0.15) is 0 Å². The van der Waals surface area contributed by atoms with Crippen molar-refractivity contribution in [2.24, 2.45) is 5.73 Å². The molecule has 0 radical (unpaired) electrons. The number of carbonyl (C=O) groups excluding carboxylic acids is 1. The Morgan fingerprint density at radius 2 is 2.21 bits per heavy atom. The lowest BCUT2D eigenvalue weighted by atomic mass is 9.75. The highest BCUT2D eigenvalue weighted by atomic mass is 32.1. The zero-order valence-electron chi connectivity index (χ0n) is 7.86. The van der Waals surface area contributed by atoms with Crippen LogP contribution in [0.5, 0.6) is 0 Å². The van der Waals surface area contributed by atoms with E-state index in [1.54, 1.807) is 11.3 Å². The quantitative estimate of drug-likeness (QED) is 0.801. The van der Waals surface area contributed by atoms with Crippen LogP contribution in [0.15, 0.2) is 16.8 Å². The Balaban J connectivity index is 2.35. The van der Waals surface area contributed by atoms with Crippen molar-refractivity contribution >= 4 is 17.2 Å². The highest BCUT2D eigenvalue weighted by molar-refractivity contribution is 7.08. The highest BCUT2D eigenvalue weighted by Gasteiger charge is 2.40. The van der Waals surface area contributed by atoms with Crippen molar-refractivity contribution in [1.82, 2.24) is 0 Å². The minimum absolute atomic E-state index is 0.223. The lowest BCUT2D eigenvalue weighted by Crippen LogP contribution is -2.45. The van der Waals surface area contributed by atoms with Gasteiger partial charge in [-0.2, -0.15) is 11.3 Å².